The van der Waals surface area contributed by atoms with Crippen LogP contribution in [0.4, 0.5) is 0 Å². The van der Waals surface area contributed by atoms with Crippen molar-refractivity contribution in [1.82, 2.24) is 8.87 Å². The van der Waals surface area contributed by atoms with E-state index in [0.717, 1.165) is 35.0 Å². The average Bonchev–Trinajstić information content (AvgIpc) is 3.19. The molecular weight excluding hydrogens is 486 g/mol. The summed E-state index contributed by atoms with van der Waals surface area (Å²) in [5.41, 5.74) is 2.19. The molecule has 0 unspecified atom stereocenters. The molecule has 8 nitrogen and oxygen atoms in total. The van der Waals surface area contributed by atoms with Gasteiger partial charge in [-0.2, -0.15) is 9.30 Å². The van der Waals surface area contributed by atoms with Crippen LogP contribution in [0.2, 0.25) is 0 Å². The van der Waals surface area contributed by atoms with Crippen LogP contribution in [-0.2, 0) is 32.5 Å². The van der Waals surface area contributed by atoms with Crippen LogP contribution in [0.3, 0.4) is 0 Å². The van der Waals surface area contributed by atoms with E-state index in [2.05, 4.69) is 11.9 Å². The van der Waals surface area contributed by atoms with Crippen molar-refractivity contribution >= 4 is 43.5 Å². The van der Waals surface area contributed by atoms with Gasteiger partial charge in [0.1, 0.15) is 6.54 Å². The molecule has 0 fully saturated rings. The molecule has 0 atom stereocenters. The first-order valence-electron chi connectivity index (χ1n) is 11.6. The van der Waals surface area contributed by atoms with E-state index in [0.29, 0.717) is 17.9 Å². The molecule has 0 saturated heterocycles. The van der Waals surface area contributed by atoms with E-state index in [1.54, 1.807) is 4.57 Å². The molecule has 0 radical (unpaired) electrons. The van der Waals surface area contributed by atoms with Gasteiger partial charge in [0.15, 0.2) is 4.80 Å². The van der Waals surface area contributed by atoms with Crippen molar-refractivity contribution in [2.75, 3.05) is 20.2 Å². The van der Waals surface area contributed by atoms with Gasteiger partial charge in [0.25, 0.3) is 5.91 Å². The fourth-order valence-electron chi connectivity index (χ4n) is 3.69. The Hall–Kier alpha value is -2.82. The smallest absolute Gasteiger partial charge is 0.325 e. The van der Waals surface area contributed by atoms with Crippen molar-refractivity contribution in [3.05, 3.63) is 58.4 Å². The Balaban J connectivity index is 1.98. The van der Waals surface area contributed by atoms with E-state index in [4.69, 9.17) is 4.74 Å². The Morgan fingerprint density at radius 2 is 1.69 bits per heavy atom. The van der Waals surface area contributed by atoms with Crippen molar-refractivity contribution in [2.24, 2.45) is 4.99 Å². The number of thiazole rings is 1. The van der Waals surface area contributed by atoms with Gasteiger partial charge >= 0.3 is 5.97 Å². The fraction of sp³-hybridized carbons (Fsp3) is 0.400. The minimum Gasteiger partial charge on any atom is -0.468 e. The van der Waals surface area contributed by atoms with Gasteiger partial charge in [0, 0.05) is 18.7 Å². The summed E-state index contributed by atoms with van der Waals surface area (Å²) in [5, 5.41) is 0. The molecule has 1 aromatic heterocycles. The molecular formula is C25H31N3O5S2. The highest BCUT2D eigenvalue weighted by molar-refractivity contribution is 7.89. The first-order chi connectivity index (χ1) is 16.7. The highest BCUT2D eigenvalue weighted by Gasteiger charge is 2.23. The number of aromatic nitrogens is 1. The molecule has 0 aliphatic heterocycles. The lowest BCUT2D eigenvalue weighted by atomic mass is 10.2. The number of amides is 1. The van der Waals surface area contributed by atoms with E-state index >= 15 is 0 Å². The first kappa shape index (κ1) is 26.8. The van der Waals surface area contributed by atoms with Crippen molar-refractivity contribution in [1.29, 1.82) is 0 Å². The van der Waals surface area contributed by atoms with Gasteiger partial charge in [0.2, 0.25) is 10.0 Å². The number of hydrogen-bond donors (Lipinski definition) is 0. The fourth-order valence-corrected chi connectivity index (χ4v) is 6.41. The number of nitrogens with zero attached hydrogens (tertiary/aromatic N) is 3. The highest BCUT2D eigenvalue weighted by atomic mass is 32.2. The zero-order valence-corrected chi connectivity index (χ0v) is 22.1. The molecule has 1 heterocycles. The quantitative estimate of drug-likeness (QED) is 0.379. The number of carbonyl (C=O) groups is 2. The number of ether oxygens (including phenoxy) is 1. The summed E-state index contributed by atoms with van der Waals surface area (Å²) in [6.07, 6.45) is 2.30. The topological polar surface area (TPSA) is 98.0 Å². The van der Waals surface area contributed by atoms with E-state index in [-0.39, 0.29) is 17.0 Å². The van der Waals surface area contributed by atoms with Gasteiger partial charge in [-0.1, -0.05) is 38.2 Å². The molecule has 1 amide bonds. The Bertz CT molecular complexity index is 1370. The average molecular weight is 518 g/mol. The van der Waals surface area contributed by atoms with Crippen molar-refractivity contribution in [3.8, 4) is 0 Å². The molecule has 0 aliphatic rings. The molecule has 3 rings (SSSR count). The molecule has 0 saturated carbocycles. The van der Waals surface area contributed by atoms with Crippen molar-refractivity contribution in [3.63, 3.8) is 0 Å². The number of methoxy groups -OCH3 is 1. The van der Waals surface area contributed by atoms with Gasteiger partial charge in [-0.05, 0) is 61.2 Å². The molecule has 0 aliphatic carbocycles. The third-order valence-corrected chi connectivity index (χ3v) is 8.51. The number of hydrogen-bond acceptors (Lipinski definition) is 6. The van der Waals surface area contributed by atoms with Gasteiger partial charge in [0.05, 0.1) is 22.2 Å². The number of fused-ring (bicyclic) bond motifs is 1. The predicted octanol–water partition coefficient (Wildman–Crippen LogP) is 3.99. The zero-order valence-electron chi connectivity index (χ0n) is 20.5. The monoisotopic (exact) mass is 517 g/mol. The van der Waals surface area contributed by atoms with Crippen LogP contribution in [-0.4, -0.2) is 49.4 Å². The minimum absolute atomic E-state index is 0.0735. The number of esters is 1. The molecule has 0 spiro atoms. The summed E-state index contributed by atoms with van der Waals surface area (Å²) in [6.45, 7) is 6.74. The Labute approximate surface area is 209 Å². The Morgan fingerprint density at radius 3 is 2.26 bits per heavy atom. The van der Waals surface area contributed by atoms with Gasteiger partial charge in [-0.3, -0.25) is 9.59 Å². The maximum atomic E-state index is 13.0. The third-order valence-electron chi connectivity index (χ3n) is 5.55. The Kier molecular flexibility index (Phi) is 8.98. The van der Waals surface area contributed by atoms with Gasteiger partial charge in [-0.15, -0.1) is 0 Å². The van der Waals surface area contributed by atoms with Crippen molar-refractivity contribution < 1.29 is 22.7 Å². The summed E-state index contributed by atoms with van der Waals surface area (Å²) in [5.74, 6) is -0.967. The summed E-state index contributed by atoms with van der Waals surface area (Å²) in [7, 11) is -2.32. The summed E-state index contributed by atoms with van der Waals surface area (Å²) in [4.78, 5) is 29.8. The lowest BCUT2D eigenvalue weighted by molar-refractivity contribution is -0.141. The van der Waals surface area contributed by atoms with Crippen LogP contribution in [0, 0.1) is 0 Å². The summed E-state index contributed by atoms with van der Waals surface area (Å²) in [6, 6.07) is 11.7. The number of rotatable bonds is 10. The van der Waals surface area contributed by atoms with E-state index < -0.39 is 21.9 Å². The van der Waals surface area contributed by atoms with E-state index in [1.165, 1.54) is 47.0 Å². The standard InChI is InChI=1S/C25H31N3O5S2/c1-5-14-27(15-6-2)35(31,32)20-11-9-19(10-12-20)24(30)26-25-28(17-23(29)33-4)21-13-8-18(7-3)16-22(21)34-25/h8-13,16H,5-7,14-15,17H2,1-4H3. The number of aryl methyl sites for hydroxylation is 1. The summed E-state index contributed by atoms with van der Waals surface area (Å²) >= 11 is 1.32. The number of sulfonamides is 1. The largest absolute Gasteiger partial charge is 0.468 e. The van der Waals surface area contributed by atoms with Crippen LogP contribution < -0.4 is 4.80 Å². The van der Waals surface area contributed by atoms with E-state index in [9.17, 15) is 18.0 Å². The third kappa shape index (κ3) is 6.06. The van der Waals surface area contributed by atoms with Crippen LogP contribution in [0.5, 0.6) is 0 Å². The van der Waals surface area contributed by atoms with Crippen LogP contribution in [0.25, 0.3) is 10.2 Å². The van der Waals surface area contributed by atoms with Crippen molar-refractivity contribution in [2.45, 2.75) is 51.5 Å². The minimum atomic E-state index is -3.64. The number of benzene rings is 2. The lowest BCUT2D eigenvalue weighted by Gasteiger charge is -2.21. The first-order valence-corrected chi connectivity index (χ1v) is 13.9. The molecule has 188 valence electrons. The maximum absolute atomic E-state index is 13.0. The lowest BCUT2D eigenvalue weighted by Crippen LogP contribution is -2.32. The maximum Gasteiger partial charge on any atom is 0.325 e. The molecule has 0 N–H and O–H groups in total. The molecule has 2 aromatic carbocycles. The zero-order chi connectivity index (χ0) is 25.6. The second-order valence-corrected chi connectivity index (χ2v) is 11.0. The molecule has 10 heteroatoms. The molecule has 3 aromatic rings. The van der Waals surface area contributed by atoms with Gasteiger partial charge in [-0.25, -0.2) is 8.42 Å². The number of carbonyl (C=O) groups excluding carboxylic acids is 2. The SMILES string of the molecule is CCCN(CCC)S(=O)(=O)c1ccc(C(=O)N=c2sc3cc(CC)ccc3n2CC(=O)OC)cc1. The molecule has 35 heavy (non-hydrogen) atoms. The predicted molar refractivity (Wildman–Crippen MR) is 137 cm³/mol. The van der Waals surface area contributed by atoms with Crippen LogP contribution in [0.15, 0.2) is 52.4 Å². The second kappa shape index (κ2) is 11.7. The normalized spacial score (nSPS) is 12.4. The van der Waals surface area contributed by atoms with Crippen LogP contribution >= 0.6 is 11.3 Å². The summed E-state index contributed by atoms with van der Waals surface area (Å²) < 4.78 is 34.8. The van der Waals surface area contributed by atoms with Gasteiger partial charge < -0.3 is 9.30 Å². The van der Waals surface area contributed by atoms with E-state index in [1.807, 2.05) is 32.0 Å². The highest BCUT2D eigenvalue weighted by Crippen LogP contribution is 2.21. The second-order valence-electron chi connectivity index (χ2n) is 8.05. The Morgan fingerprint density at radius 1 is 1.03 bits per heavy atom. The van der Waals surface area contributed by atoms with Crippen LogP contribution in [0.1, 0.15) is 49.5 Å². The molecule has 0 bridgehead atoms.